The van der Waals surface area contributed by atoms with Crippen molar-refractivity contribution in [3.8, 4) is 33.4 Å². The minimum atomic E-state index is 1.09. The predicted octanol–water partition coefficient (Wildman–Crippen LogP) is 18.2. The lowest BCUT2D eigenvalue weighted by molar-refractivity contribution is 1.29. The molecule has 0 spiro atoms. The van der Waals surface area contributed by atoms with Crippen LogP contribution in [0.2, 0.25) is 0 Å². The molecule has 0 atom stereocenters. The Labute approximate surface area is 385 Å². The van der Waals surface area contributed by atoms with Crippen LogP contribution in [0.5, 0.6) is 0 Å². The fourth-order valence-corrected chi connectivity index (χ4v) is 9.85. The third-order valence-electron chi connectivity index (χ3n) is 13.0. The van der Waals surface area contributed by atoms with E-state index in [4.69, 9.17) is 0 Å². The van der Waals surface area contributed by atoms with Gasteiger partial charge in [-0.15, -0.1) is 0 Å². The number of benzene rings is 12. The van der Waals surface area contributed by atoms with Gasteiger partial charge in [0.15, 0.2) is 0 Å². The third-order valence-corrected chi connectivity index (χ3v) is 13.0. The maximum atomic E-state index is 2.42. The lowest BCUT2D eigenvalue weighted by atomic mass is 9.85. The van der Waals surface area contributed by atoms with Crippen molar-refractivity contribution >= 4 is 77.2 Å². The molecule has 0 heterocycles. The third kappa shape index (κ3) is 7.12. The summed E-state index contributed by atoms with van der Waals surface area (Å²) in [5, 5.41) is 9.62. The SMILES string of the molecule is c1ccc(-c2ccc(-c3c4ccc(N(c5ccccc5)c5ccc6ccccc6c5)cc4c(-c4ccccc4)c4ccc(N(c5ccccc5)c5ccc6ccccc6c5)cc34)cc2)cc1. The number of anilines is 6. The van der Waals surface area contributed by atoms with Crippen LogP contribution in [0.15, 0.2) is 267 Å². The molecule has 0 saturated heterocycles. The van der Waals surface area contributed by atoms with E-state index in [9.17, 15) is 0 Å². The summed E-state index contributed by atoms with van der Waals surface area (Å²) in [4.78, 5) is 4.79. The number of fused-ring (bicyclic) bond motifs is 4. The van der Waals surface area contributed by atoms with Gasteiger partial charge in [0.25, 0.3) is 0 Å². The molecule has 0 aromatic heterocycles. The predicted molar refractivity (Wildman–Crippen MR) is 282 cm³/mol. The van der Waals surface area contributed by atoms with Crippen LogP contribution < -0.4 is 9.80 Å². The van der Waals surface area contributed by atoms with Crippen LogP contribution in [-0.2, 0) is 0 Å². The van der Waals surface area contributed by atoms with Crippen LogP contribution in [-0.4, -0.2) is 0 Å². The monoisotopic (exact) mass is 840 g/mol. The van der Waals surface area contributed by atoms with Crippen LogP contribution in [0.4, 0.5) is 34.1 Å². The molecular weight excluding hydrogens is 797 g/mol. The highest BCUT2D eigenvalue weighted by Gasteiger charge is 2.22. The van der Waals surface area contributed by atoms with Crippen LogP contribution in [0, 0.1) is 0 Å². The Hall–Kier alpha value is -8.72. The van der Waals surface area contributed by atoms with Gasteiger partial charge in [0.05, 0.1) is 0 Å². The molecule has 2 nitrogen and oxygen atoms in total. The second-order valence-electron chi connectivity index (χ2n) is 16.9. The van der Waals surface area contributed by atoms with E-state index in [1.165, 1.54) is 76.5 Å². The van der Waals surface area contributed by atoms with E-state index in [2.05, 4.69) is 277 Å². The number of hydrogen-bond acceptors (Lipinski definition) is 2. The Bertz CT molecular complexity index is 3680. The number of rotatable bonds is 9. The average Bonchev–Trinajstić information content (AvgIpc) is 3.39. The first-order valence-corrected chi connectivity index (χ1v) is 22.7. The molecule has 0 amide bonds. The quantitative estimate of drug-likeness (QED) is 0.134. The summed E-state index contributed by atoms with van der Waals surface area (Å²) in [6.07, 6.45) is 0. The fraction of sp³-hybridized carbons (Fsp3) is 0. The molecule has 0 unspecified atom stereocenters. The summed E-state index contributed by atoms with van der Waals surface area (Å²) in [6, 6.07) is 97.2. The number of para-hydroxylation sites is 2. The minimum absolute atomic E-state index is 1.09. The highest BCUT2D eigenvalue weighted by Crippen LogP contribution is 2.49. The first-order chi connectivity index (χ1) is 32.7. The zero-order valence-electron chi connectivity index (χ0n) is 36.3. The van der Waals surface area contributed by atoms with E-state index < -0.39 is 0 Å². The Kier molecular flexibility index (Phi) is 9.89. The molecular formula is C64H44N2. The fourth-order valence-electron chi connectivity index (χ4n) is 9.85. The second-order valence-corrected chi connectivity index (χ2v) is 16.9. The maximum Gasteiger partial charge on any atom is 0.0468 e. The van der Waals surface area contributed by atoms with Gasteiger partial charge >= 0.3 is 0 Å². The summed E-state index contributed by atoms with van der Waals surface area (Å²) < 4.78 is 0. The van der Waals surface area contributed by atoms with Gasteiger partial charge in [-0.2, -0.15) is 0 Å². The smallest absolute Gasteiger partial charge is 0.0468 e. The van der Waals surface area contributed by atoms with Crippen molar-refractivity contribution in [1.29, 1.82) is 0 Å². The van der Waals surface area contributed by atoms with Gasteiger partial charge in [-0.25, -0.2) is 0 Å². The summed E-state index contributed by atoms with van der Waals surface area (Å²) >= 11 is 0. The van der Waals surface area contributed by atoms with Crippen LogP contribution in [0.1, 0.15) is 0 Å². The Morgan fingerprint density at radius 1 is 0.182 bits per heavy atom. The molecule has 12 aromatic carbocycles. The lowest BCUT2D eigenvalue weighted by Gasteiger charge is -2.28. The van der Waals surface area contributed by atoms with E-state index in [1.807, 2.05) is 0 Å². The van der Waals surface area contributed by atoms with Gasteiger partial charge in [0.1, 0.15) is 0 Å². The zero-order chi connectivity index (χ0) is 43.8. The van der Waals surface area contributed by atoms with E-state index >= 15 is 0 Å². The highest BCUT2D eigenvalue weighted by molar-refractivity contribution is 6.22. The van der Waals surface area contributed by atoms with Crippen LogP contribution in [0.25, 0.3) is 76.5 Å². The van der Waals surface area contributed by atoms with Crippen LogP contribution in [0.3, 0.4) is 0 Å². The molecule has 0 aliphatic rings. The first kappa shape index (κ1) is 38.9. The van der Waals surface area contributed by atoms with Crippen LogP contribution >= 0.6 is 0 Å². The van der Waals surface area contributed by atoms with E-state index in [-0.39, 0.29) is 0 Å². The average molecular weight is 841 g/mol. The molecule has 12 aromatic rings. The highest BCUT2D eigenvalue weighted by atomic mass is 15.1. The van der Waals surface area contributed by atoms with Gasteiger partial charge in [0.2, 0.25) is 0 Å². The molecule has 2 heteroatoms. The van der Waals surface area contributed by atoms with Crippen molar-refractivity contribution in [1.82, 2.24) is 0 Å². The molecule has 0 aliphatic carbocycles. The second kappa shape index (κ2) is 16.8. The molecule has 0 fully saturated rings. The van der Waals surface area contributed by atoms with Crippen molar-refractivity contribution in [3.05, 3.63) is 267 Å². The van der Waals surface area contributed by atoms with Crippen molar-refractivity contribution in [2.75, 3.05) is 9.80 Å². The van der Waals surface area contributed by atoms with Gasteiger partial charge in [-0.1, -0.05) is 194 Å². The largest absolute Gasteiger partial charge is 0.310 e. The zero-order valence-corrected chi connectivity index (χ0v) is 36.3. The van der Waals surface area contributed by atoms with Crippen molar-refractivity contribution in [3.63, 3.8) is 0 Å². The molecule has 0 bridgehead atoms. The Morgan fingerprint density at radius 3 is 0.955 bits per heavy atom. The molecule has 0 radical (unpaired) electrons. The molecule has 0 aliphatic heterocycles. The summed E-state index contributed by atoms with van der Waals surface area (Å²) in [6.45, 7) is 0. The minimum Gasteiger partial charge on any atom is -0.310 e. The lowest BCUT2D eigenvalue weighted by Crippen LogP contribution is -2.10. The molecule has 66 heavy (non-hydrogen) atoms. The van der Waals surface area contributed by atoms with E-state index in [1.54, 1.807) is 0 Å². The van der Waals surface area contributed by atoms with Crippen molar-refractivity contribution < 1.29 is 0 Å². The van der Waals surface area contributed by atoms with Gasteiger partial charge in [-0.05, 0) is 149 Å². The van der Waals surface area contributed by atoms with Gasteiger partial charge < -0.3 is 9.80 Å². The first-order valence-electron chi connectivity index (χ1n) is 22.7. The topological polar surface area (TPSA) is 6.48 Å². The van der Waals surface area contributed by atoms with Crippen molar-refractivity contribution in [2.45, 2.75) is 0 Å². The van der Waals surface area contributed by atoms with Gasteiger partial charge in [-0.3, -0.25) is 0 Å². The molecule has 0 N–H and O–H groups in total. The standard InChI is InChI=1S/C64H44N2/c1-5-17-45(18-6-1)48-29-31-50(32-30-48)64-60-40-38-57(65(53-25-9-3-10-26-53)55-35-33-46-19-13-15-23-51(46)41-55)43-61(60)63(49-21-7-2-8-22-49)59-39-37-58(44-62(59)64)66(54-27-11-4-12-28-54)56-36-34-47-20-14-16-24-52(47)42-56/h1-44H. The van der Waals surface area contributed by atoms with E-state index in [0.29, 0.717) is 0 Å². The summed E-state index contributed by atoms with van der Waals surface area (Å²) in [5.74, 6) is 0. The number of nitrogens with zero attached hydrogens (tertiary/aromatic N) is 2. The molecule has 0 saturated carbocycles. The Morgan fingerprint density at radius 2 is 0.500 bits per heavy atom. The maximum absolute atomic E-state index is 2.42. The molecule has 310 valence electrons. The molecule has 12 rings (SSSR count). The van der Waals surface area contributed by atoms with E-state index in [0.717, 1.165) is 34.1 Å². The van der Waals surface area contributed by atoms with Crippen molar-refractivity contribution in [2.24, 2.45) is 0 Å². The summed E-state index contributed by atoms with van der Waals surface area (Å²) in [7, 11) is 0. The Balaban J connectivity index is 1.15. The summed E-state index contributed by atoms with van der Waals surface area (Å²) in [5.41, 5.74) is 13.8. The van der Waals surface area contributed by atoms with Gasteiger partial charge in [0, 0.05) is 34.1 Å². The normalized spacial score (nSPS) is 11.3. The number of hydrogen-bond donors (Lipinski definition) is 0.